The van der Waals surface area contributed by atoms with E-state index in [1.165, 1.54) is 24.8 Å². The van der Waals surface area contributed by atoms with E-state index in [4.69, 9.17) is 4.99 Å². The number of aromatic nitrogens is 1. The number of fused-ring (bicyclic) bond motifs is 9. The number of aromatic amines is 1. The van der Waals surface area contributed by atoms with Crippen LogP contribution >= 0.6 is 0 Å². The van der Waals surface area contributed by atoms with Crippen LogP contribution < -0.4 is 10.6 Å². The van der Waals surface area contributed by atoms with Crippen molar-refractivity contribution >= 4 is 45.1 Å². The number of ketones is 1. The lowest BCUT2D eigenvalue weighted by Gasteiger charge is -2.26. The van der Waals surface area contributed by atoms with Crippen molar-refractivity contribution in [1.29, 1.82) is 0 Å². The van der Waals surface area contributed by atoms with Crippen LogP contribution in [0.3, 0.4) is 0 Å². The Morgan fingerprint density at radius 3 is 2.76 bits per heavy atom. The van der Waals surface area contributed by atoms with Gasteiger partial charge in [0.15, 0.2) is 5.78 Å². The quantitative estimate of drug-likeness (QED) is 0.667. The summed E-state index contributed by atoms with van der Waals surface area (Å²) < 4.78 is 0. The Balaban J connectivity index is 1.54. The summed E-state index contributed by atoms with van der Waals surface area (Å²) in [6.07, 6.45) is 12.5. The van der Waals surface area contributed by atoms with Crippen LogP contribution in [-0.4, -0.2) is 53.2 Å². The fraction of sp³-hybridized carbons (Fsp3) is 0.321. The first kappa shape index (κ1) is 19.9. The SMILES string of the molecule is CN1C=c2c(c3c(c4c(CCN5CCCCC5)cc5cc[nH]c5c24)=NC2=C3CC(=O)C=C2)C1=O. The lowest BCUT2D eigenvalue weighted by atomic mass is 9.87. The van der Waals surface area contributed by atoms with Crippen molar-refractivity contribution < 1.29 is 9.59 Å². The van der Waals surface area contributed by atoms with Gasteiger partial charge in [-0.3, -0.25) is 9.59 Å². The molecule has 4 aliphatic rings. The molecule has 1 amide bonds. The van der Waals surface area contributed by atoms with Crippen LogP contribution in [0.2, 0.25) is 0 Å². The Morgan fingerprint density at radius 2 is 1.91 bits per heavy atom. The number of carbonyl (C=O) groups is 2. The molecule has 4 heterocycles. The molecule has 0 unspecified atom stereocenters. The van der Waals surface area contributed by atoms with Gasteiger partial charge in [0.05, 0.1) is 22.1 Å². The maximum absolute atomic E-state index is 13.4. The molecule has 6 nitrogen and oxygen atoms in total. The van der Waals surface area contributed by atoms with Gasteiger partial charge in [0, 0.05) is 59.4 Å². The number of hydrogen-bond acceptors (Lipinski definition) is 4. The van der Waals surface area contributed by atoms with E-state index in [2.05, 4.69) is 22.0 Å². The number of piperidine rings is 1. The van der Waals surface area contributed by atoms with E-state index in [1.807, 2.05) is 18.5 Å². The zero-order chi connectivity index (χ0) is 23.0. The molecule has 0 atom stereocenters. The number of carbonyl (C=O) groups excluding carboxylic acids is 2. The van der Waals surface area contributed by atoms with Gasteiger partial charge in [0.1, 0.15) is 0 Å². The zero-order valence-electron chi connectivity index (χ0n) is 19.3. The number of likely N-dealkylation sites (tertiary alicyclic amines) is 1. The highest BCUT2D eigenvalue weighted by molar-refractivity contribution is 6.16. The molecule has 1 aromatic heterocycles. The fourth-order valence-corrected chi connectivity index (χ4v) is 6.19. The third kappa shape index (κ3) is 2.75. The van der Waals surface area contributed by atoms with Crippen molar-refractivity contribution in [2.24, 2.45) is 4.99 Å². The molecule has 0 saturated carbocycles. The second kappa shape index (κ2) is 7.24. The summed E-state index contributed by atoms with van der Waals surface area (Å²) >= 11 is 0. The molecule has 3 aromatic rings. The second-order valence-electron chi connectivity index (χ2n) is 9.89. The minimum Gasteiger partial charge on any atom is -0.361 e. The van der Waals surface area contributed by atoms with E-state index < -0.39 is 0 Å². The number of nitrogens with zero attached hydrogens (tertiary/aromatic N) is 3. The lowest BCUT2D eigenvalue weighted by Crippen LogP contribution is -2.32. The van der Waals surface area contributed by atoms with Crippen LogP contribution in [0.4, 0.5) is 0 Å². The number of benzene rings is 2. The molecule has 7 rings (SSSR count). The Bertz CT molecular complexity index is 1620. The third-order valence-corrected chi connectivity index (χ3v) is 7.82. The first-order valence-corrected chi connectivity index (χ1v) is 12.2. The highest BCUT2D eigenvalue weighted by Crippen LogP contribution is 2.36. The topological polar surface area (TPSA) is 68.8 Å². The van der Waals surface area contributed by atoms with Crippen molar-refractivity contribution in [1.82, 2.24) is 14.8 Å². The number of nitrogens with one attached hydrogen (secondary N) is 1. The molecule has 1 saturated heterocycles. The summed E-state index contributed by atoms with van der Waals surface area (Å²) in [5, 5.41) is 5.15. The summed E-state index contributed by atoms with van der Waals surface area (Å²) in [5.74, 6) is 0.0288. The lowest BCUT2D eigenvalue weighted by molar-refractivity contribution is -0.113. The summed E-state index contributed by atoms with van der Waals surface area (Å²) in [5.41, 5.74) is 5.58. The molecule has 170 valence electrons. The van der Waals surface area contributed by atoms with Crippen molar-refractivity contribution in [3.63, 3.8) is 0 Å². The molecule has 0 bridgehead atoms. The van der Waals surface area contributed by atoms with Gasteiger partial charge in [-0.15, -0.1) is 0 Å². The van der Waals surface area contributed by atoms with Crippen LogP contribution in [0.1, 0.15) is 47.2 Å². The van der Waals surface area contributed by atoms with E-state index in [9.17, 15) is 9.59 Å². The second-order valence-corrected chi connectivity index (χ2v) is 9.89. The largest absolute Gasteiger partial charge is 0.361 e. The van der Waals surface area contributed by atoms with Gasteiger partial charge in [-0.1, -0.05) is 6.42 Å². The smallest absolute Gasteiger partial charge is 0.258 e. The molecular weight excluding hydrogens is 424 g/mol. The van der Waals surface area contributed by atoms with Gasteiger partial charge < -0.3 is 14.8 Å². The average molecular weight is 451 g/mol. The van der Waals surface area contributed by atoms with E-state index in [1.54, 1.807) is 18.0 Å². The van der Waals surface area contributed by atoms with Crippen molar-refractivity contribution in [3.8, 4) is 0 Å². The average Bonchev–Trinajstić information content (AvgIpc) is 3.54. The Morgan fingerprint density at radius 1 is 1.06 bits per heavy atom. The van der Waals surface area contributed by atoms with Gasteiger partial charge in [-0.2, -0.15) is 0 Å². The molecule has 1 fully saturated rings. The van der Waals surface area contributed by atoms with Crippen LogP contribution in [0.15, 0.2) is 41.2 Å². The van der Waals surface area contributed by atoms with E-state index in [-0.39, 0.29) is 11.7 Å². The minimum atomic E-state index is -0.0301. The summed E-state index contributed by atoms with van der Waals surface area (Å²) in [4.78, 5) is 38.4. The van der Waals surface area contributed by atoms with Crippen LogP contribution in [-0.2, 0) is 11.2 Å². The molecule has 0 spiro atoms. The number of H-pyrrole nitrogens is 1. The molecule has 6 heteroatoms. The van der Waals surface area contributed by atoms with Gasteiger partial charge in [-0.25, -0.2) is 4.99 Å². The van der Waals surface area contributed by atoms with Crippen LogP contribution in [0, 0.1) is 0 Å². The first-order valence-electron chi connectivity index (χ1n) is 12.2. The molecule has 0 radical (unpaired) electrons. The predicted octanol–water partition coefficient (Wildman–Crippen LogP) is 3.05. The summed E-state index contributed by atoms with van der Waals surface area (Å²) in [7, 11) is 1.81. The maximum Gasteiger partial charge on any atom is 0.258 e. The standard InChI is InChI=1S/C28H26N4O2/c1-31-15-20-24-22(27-23(25(20)28(31)34)19-14-18(33)5-6-21(19)30-27)16(13-17-7-9-29-26(17)24)8-12-32-10-3-2-4-11-32/h5-7,9,13,15,29H,2-4,8,10-12,14H2,1H3. The molecule has 34 heavy (non-hydrogen) atoms. The first-order chi connectivity index (χ1) is 16.6. The summed E-state index contributed by atoms with van der Waals surface area (Å²) in [6, 6.07) is 4.40. The number of hydrogen-bond donors (Lipinski definition) is 1. The minimum absolute atomic E-state index is 0.0301. The molecular formula is C28H26N4O2. The van der Waals surface area contributed by atoms with Crippen molar-refractivity contribution in [3.05, 3.63) is 63.4 Å². The summed E-state index contributed by atoms with van der Waals surface area (Å²) in [6.45, 7) is 3.35. The normalized spacial score (nSPS) is 19.6. The van der Waals surface area contributed by atoms with Gasteiger partial charge in [0.25, 0.3) is 5.91 Å². The number of allylic oxidation sites excluding steroid dienone is 3. The van der Waals surface area contributed by atoms with E-state index in [0.29, 0.717) is 12.0 Å². The highest BCUT2D eigenvalue weighted by atomic mass is 16.2. The third-order valence-electron chi connectivity index (χ3n) is 7.82. The van der Waals surface area contributed by atoms with Crippen molar-refractivity contribution in [2.45, 2.75) is 32.1 Å². The molecule has 1 N–H and O–H groups in total. The maximum atomic E-state index is 13.4. The number of rotatable bonds is 3. The zero-order valence-corrected chi connectivity index (χ0v) is 19.3. The highest BCUT2D eigenvalue weighted by Gasteiger charge is 2.33. The molecule has 3 aliphatic heterocycles. The van der Waals surface area contributed by atoms with Crippen molar-refractivity contribution in [2.75, 3.05) is 26.7 Å². The van der Waals surface area contributed by atoms with Gasteiger partial charge in [-0.05, 0) is 67.8 Å². The van der Waals surface area contributed by atoms with Gasteiger partial charge >= 0.3 is 0 Å². The van der Waals surface area contributed by atoms with E-state index in [0.717, 1.165) is 75.1 Å². The van der Waals surface area contributed by atoms with Crippen LogP contribution in [0.25, 0.3) is 33.4 Å². The number of amides is 1. The van der Waals surface area contributed by atoms with Gasteiger partial charge in [0.2, 0.25) is 0 Å². The Hall–Kier alpha value is -3.51. The monoisotopic (exact) mass is 450 g/mol. The molecule has 2 aromatic carbocycles. The van der Waals surface area contributed by atoms with E-state index >= 15 is 0 Å². The predicted molar refractivity (Wildman–Crippen MR) is 133 cm³/mol. The fourth-order valence-electron chi connectivity index (χ4n) is 6.19. The molecule has 1 aliphatic carbocycles. The van der Waals surface area contributed by atoms with Crippen LogP contribution in [0.5, 0.6) is 0 Å². The Kier molecular flexibility index (Phi) is 4.24. The Labute approximate surface area is 196 Å².